The molecule has 4 aliphatic rings. The number of hydrogen-bond donors (Lipinski definition) is 1. The summed E-state index contributed by atoms with van der Waals surface area (Å²) in [4.78, 5) is 16.8. The molecule has 1 amide bonds. The van der Waals surface area contributed by atoms with Crippen molar-refractivity contribution in [3.05, 3.63) is 83.2 Å². The molecule has 1 saturated heterocycles. The average molecular weight is 535 g/mol. The van der Waals surface area contributed by atoms with Crippen LogP contribution in [0.1, 0.15) is 52.4 Å². The van der Waals surface area contributed by atoms with Gasteiger partial charge in [0.25, 0.3) is 16.1 Å². The van der Waals surface area contributed by atoms with Crippen molar-refractivity contribution in [2.45, 2.75) is 31.7 Å². The molecule has 8 bridgehead atoms. The molecule has 1 N–H and O–H groups in total. The van der Waals surface area contributed by atoms with Gasteiger partial charge in [-0.1, -0.05) is 18.2 Å². The molecule has 38 heavy (non-hydrogen) atoms. The number of hydrogen-bond acceptors (Lipinski definition) is 6. The zero-order valence-corrected chi connectivity index (χ0v) is 21.8. The van der Waals surface area contributed by atoms with Gasteiger partial charge < -0.3 is 14.8 Å². The normalized spacial score (nSPS) is 20.6. The second-order valence-corrected chi connectivity index (χ2v) is 11.7. The van der Waals surface area contributed by atoms with Crippen LogP contribution in [0.5, 0.6) is 17.2 Å². The molecule has 1 unspecified atom stereocenters. The van der Waals surface area contributed by atoms with Crippen molar-refractivity contribution in [2.24, 2.45) is 0 Å². The van der Waals surface area contributed by atoms with Crippen LogP contribution in [0.15, 0.2) is 60.9 Å². The Morgan fingerprint density at radius 2 is 1.79 bits per heavy atom. The van der Waals surface area contributed by atoms with E-state index in [0.29, 0.717) is 68.4 Å². The van der Waals surface area contributed by atoms with E-state index in [1.807, 2.05) is 42.5 Å². The summed E-state index contributed by atoms with van der Waals surface area (Å²) < 4.78 is 42.9. The summed E-state index contributed by atoms with van der Waals surface area (Å²) in [6.45, 7) is 2.32. The summed E-state index contributed by atoms with van der Waals surface area (Å²) >= 11 is 0. The molecule has 2 aromatic carbocycles. The summed E-state index contributed by atoms with van der Waals surface area (Å²) in [5.74, 6) is 1.51. The second-order valence-electron chi connectivity index (χ2n) is 9.78. The highest BCUT2D eigenvalue weighted by Gasteiger charge is 2.40. The third-order valence-corrected chi connectivity index (χ3v) is 9.25. The molecule has 198 valence electrons. The number of nitrogens with one attached hydrogen (secondary N) is 1. The summed E-state index contributed by atoms with van der Waals surface area (Å²) in [6, 6.07) is 14.6. The Morgan fingerprint density at radius 1 is 0.921 bits per heavy atom. The Labute approximate surface area is 222 Å². The molecule has 0 spiro atoms. The highest BCUT2D eigenvalue weighted by Crippen LogP contribution is 2.41. The zero-order chi connectivity index (χ0) is 26.1. The highest BCUT2D eigenvalue weighted by atomic mass is 32.2. The number of ether oxygens (including phenoxy) is 2. The van der Waals surface area contributed by atoms with Crippen LogP contribution in [-0.4, -0.2) is 60.7 Å². The van der Waals surface area contributed by atoms with Crippen LogP contribution >= 0.6 is 0 Å². The van der Waals surface area contributed by atoms with E-state index < -0.39 is 16.3 Å². The summed E-state index contributed by atoms with van der Waals surface area (Å²) in [7, 11) is -3.65. The quantitative estimate of drug-likeness (QED) is 0.539. The van der Waals surface area contributed by atoms with Gasteiger partial charge in [-0.15, -0.1) is 0 Å². The van der Waals surface area contributed by atoms with Crippen LogP contribution in [0.25, 0.3) is 0 Å². The van der Waals surface area contributed by atoms with Crippen LogP contribution in [0.2, 0.25) is 0 Å². The van der Waals surface area contributed by atoms with Crippen molar-refractivity contribution < 1.29 is 22.7 Å². The van der Waals surface area contributed by atoms with E-state index in [1.54, 1.807) is 20.9 Å². The number of carbonyl (C=O) groups excluding carboxylic acids is 1. The number of carbonyl (C=O) groups is 1. The molecule has 9 nitrogen and oxygen atoms in total. The first kappa shape index (κ1) is 24.8. The number of aromatic nitrogens is 1. The first-order valence-electron chi connectivity index (χ1n) is 13.0. The van der Waals surface area contributed by atoms with E-state index >= 15 is 0 Å². The smallest absolute Gasteiger partial charge is 0.282 e. The molecule has 1 atom stereocenters. The van der Waals surface area contributed by atoms with Gasteiger partial charge in [-0.2, -0.15) is 17.0 Å². The monoisotopic (exact) mass is 534 g/mol. The third kappa shape index (κ3) is 4.87. The van der Waals surface area contributed by atoms with E-state index in [-0.39, 0.29) is 5.91 Å². The maximum Gasteiger partial charge on any atom is 0.282 e. The second kappa shape index (κ2) is 10.4. The lowest BCUT2D eigenvalue weighted by atomic mass is 9.89. The zero-order valence-electron chi connectivity index (χ0n) is 21.0. The topological polar surface area (TPSA) is 101 Å². The van der Waals surface area contributed by atoms with Gasteiger partial charge in [0, 0.05) is 32.4 Å². The minimum absolute atomic E-state index is 0.223. The van der Waals surface area contributed by atoms with Crippen molar-refractivity contribution in [1.29, 1.82) is 0 Å². The van der Waals surface area contributed by atoms with Gasteiger partial charge in [0.05, 0.1) is 24.4 Å². The number of rotatable bonds is 2. The fraction of sp³-hybridized carbons (Fsp3) is 0.357. The van der Waals surface area contributed by atoms with E-state index in [2.05, 4.69) is 10.3 Å². The first-order chi connectivity index (χ1) is 18.5. The first-order valence-corrected chi connectivity index (χ1v) is 14.4. The van der Waals surface area contributed by atoms with Gasteiger partial charge in [-0.25, -0.2) is 0 Å². The molecule has 1 aromatic heterocycles. The van der Waals surface area contributed by atoms with Gasteiger partial charge >= 0.3 is 0 Å². The van der Waals surface area contributed by atoms with Crippen molar-refractivity contribution in [3.63, 3.8) is 0 Å². The number of nitrogens with zero attached hydrogens (tertiary/aromatic N) is 3. The Hall–Kier alpha value is -3.47. The molecule has 7 rings (SSSR count). The Bertz CT molecular complexity index is 1460. The van der Waals surface area contributed by atoms with Gasteiger partial charge in [-0.3, -0.25) is 9.78 Å². The number of fused-ring (bicyclic) bond motifs is 6. The Kier molecular flexibility index (Phi) is 6.77. The van der Waals surface area contributed by atoms with E-state index in [4.69, 9.17) is 9.47 Å². The van der Waals surface area contributed by atoms with Crippen LogP contribution in [0, 0.1) is 0 Å². The van der Waals surface area contributed by atoms with E-state index in [1.165, 1.54) is 6.20 Å². The van der Waals surface area contributed by atoms with Gasteiger partial charge in [0.15, 0.2) is 0 Å². The standard InChI is InChI=1S/C28H30N4O5S/c33-28-22-17-25(19-29-18-22)37-24-7-8-26-20(15-24)9-13-32(38(34,35)31-11-1-2-12-31)27(26)21-5-3-6-23(16-21)36-14-4-10-30-28/h3,5-8,15-19,27H,1-2,4,9-14H2,(H,30,33). The minimum atomic E-state index is -3.65. The van der Waals surface area contributed by atoms with Crippen molar-refractivity contribution in [3.8, 4) is 17.2 Å². The SMILES string of the molecule is O=C1NCCCOc2cccc(c2)C2c3ccc(cc3CCN2S(=O)(=O)N2CCCC2)Oc2cncc1c2. The van der Waals surface area contributed by atoms with Crippen LogP contribution in [0.3, 0.4) is 0 Å². The maximum atomic E-state index is 13.8. The molecular weight excluding hydrogens is 504 g/mol. The summed E-state index contributed by atoms with van der Waals surface area (Å²) in [5, 5.41) is 2.89. The largest absolute Gasteiger partial charge is 0.494 e. The van der Waals surface area contributed by atoms with Crippen molar-refractivity contribution in [2.75, 3.05) is 32.8 Å². The lowest BCUT2D eigenvalue weighted by Gasteiger charge is -2.38. The van der Waals surface area contributed by atoms with Crippen molar-refractivity contribution >= 4 is 16.1 Å². The molecule has 1 fully saturated rings. The summed E-state index contributed by atoms with van der Waals surface area (Å²) in [6.07, 6.45) is 6.02. The lowest BCUT2D eigenvalue weighted by molar-refractivity contribution is 0.0951. The van der Waals surface area contributed by atoms with Crippen LogP contribution in [0.4, 0.5) is 0 Å². The number of amides is 1. The van der Waals surface area contributed by atoms with Crippen molar-refractivity contribution in [1.82, 2.24) is 18.9 Å². The molecule has 10 heteroatoms. The molecule has 5 heterocycles. The Morgan fingerprint density at radius 3 is 2.66 bits per heavy atom. The molecule has 0 saturated carbocycles. The number of benzene rings is 2. The fourth-order valence-corrected chi connectivity index (χ4v) is 7.22. The third-order valence-electron chi connectivity index (χ3n) is 7.25. The minimum Gasteiger partial charge on any atom is -0.494 e. The van der Waals surface area contributed by atoms with Crippen LogP contribution < -0.4 is 14.8 Å². The predicted molar refractivity (Wildman–Crippen MR) is 142 cm³/mol. The molecule has 4 aliphatic heterocycles. The molecule has 0 aliphatic carbocycles. The average Bonchev–Trinajstić information content (AvgIpc) is 3.48. The summed E-state index contributed by atoms with van der Waals surface area (Å²) in [5.41, 5.74) is 3.22. The molecular formula is C28H30N4O5S. The fourth-order valence-electron chi connectivity index (χ4n) is 5.38. The van der Waals surface area contributed by atoms with Gasteiger partial charge in [-0.05, 0) is 72.7 Å². The lowest BCUT2D eigenvalue weighted by Crippen LogP contribution is -2.47. The van der Waals surface area contributed by atoms with Crippen LogP contribution in [-0.2, 0) is 16.6 Å². The highest BCUT2D eigenvalue weighted by molar-refractivity contribution is 7.86. The Balaban J connectivity index is 1.44. The van der Waals surface area contributed by atoms with E-state index in [0.717, 1.165) is 29.5 Å². The molecule has 3 aromatic rings. The molecule has 0 radical (unpaired) electrons. The van der Waals surface area contributed by atoms with Gasteiger partial charge in [0.2, 0.25) is 0 Å². The van der Waals surface area contributed by atoms with Gasteiger partial charge in [0.1, 0.15) is 17.2 Å². The predicted octanol–water partition coefficient (Wildman–Crippen LogP) is 3.67. The number of pyridine rings is 1. The maximum absolute atomic E-state index is 13.8. The van der Waals surface area contributed by atoms with E-state index in [9.17, 15) is 13.2 Å².